The van der Waals surface area contributed by atoms with Gasteiger partial charge in [0.1, 0.15) is 11.6 Å². The van der Waals surface area contributed by atoms with E-state index in [0.717, 1.165) is 5.56 Å². The topological polar surface area (TPSA) is 75.1 Å². The van der Waals surface area contributed by atoms with Crippen LogP contribution in [0.1, 0.15) is 34.6 Å². The van der Waals surface area contributed by atoms with Crippen molar-refractivity contribution in [2.24, 2.45) is 0 Å². The van der Waals surface area contributed by atoms with Gasteiger partial charge < -0.3 is 10.4 Å². The van der Waals surface area contributed by atoms with Crippen LogP contribution in [0.5, 0.6) is 0 Å². The Morgan fingerprint density at radius 3 is 2.80 bits per heavy atom. The molecule has 0 saturated heterocycles. The molecule has 1 aromatic heterocycles. The van der Waals surface area contributed by atoms with Crippen LogP contribution in [0.25, 0.3) is 0 Å². The van der Waals surface area contributed by atoms with Crippen molar-refractivity contribution in [2.45, 2.75) is 19.9 Å². The van der Waals surface area contributed by atoms with Gasteiger partial charge in [0.2, 0.25) is 0 Å². The first-order valence-corrected chi connectivity index (χ1v) is 6.05. The molecule has 1 aromatic carbocycles. The number of halogens is 1. The molecule has 0 radical (unpaired) electrons. The van der Waals surface area contributed by atoms with Crippen molar-refractivity contribution >= 4 is 11.8 Å². The summed E-state index contributed by atoms with van der Waals surface area (Å²) in [4.78, 5) is 18.5. The first-order chi connectivity index (χ1) is 9.47. The average Bonchev–Trinajstić information content (AvgIpc) is 2.42. The maximum Gasteiger partial charge on any atom is 0.356 e. The van der Waals surface area contributed by atoms with E-state index in [1.165, 1.54) is 18.5 Å². The molecule has 0 fully saturated rings. The fourth-order valence-corrected chi connectivity index (χ4v) is 1.72. The molecule has 2 N–H and O–H groups in total. The van der Waals surface area contributed by atoms with Gasteiger partial charge in [-0.3, -0.25) is 4.98 Å². The van der Waals surface area contributed by atoms with Gasteiger partial charge in [-0.1, -0.05) is 12.1 Å². The lowest BCUT2D eigenvalue weighted by Gasteiger charge is -2.15. The van der Waals surface area contributed by atoms with Crippen molar-refractivity contribution < 1.29 is 14.3 Å². The molecule has 6 heteroatoms. The molecule has 5 nitrogen and oxygen atoms in total. The number of hydrogen-bond donors (Lipinski definition) is 2. The Morgan fingerprint density at radius 2 is 2.15 bits per heavy atom. The standard InChI is InChI=1S/C14H14FN3O2/c1-8-3-4-10(5-11(8)15)9(2)17-13-7-16-6-12(18-13)14(19)20/h3-7,9H,1-2H3,(H,17,18)(H,19,20). The first kappa shape index (κ1) is 13.9. The number of aromatic nitrogens is 2. The summed E-state index contributed by atoms with van der Waals surface area (Å²) >= 11 is 0. The summed E-state index contributed by atoms with van der Waals surface area (Å²) < 4.78 is 13.5. The maximum absolute atomic E-state index is 13.5. The van der Waals surface area contributed by atoms with Crippen molar-refractivity contribution in [3.05, 3.63) is 53.2 Å². The van der Waals surface area contributed by atoms with Crippen LogP contribution in [-0.2, 0) is 0 Å². The number of rotatable bonds is 4. The number of benzene rings is 1. The molecule has 0 aliphatic carbocycles. The lowest BCUT2D eigenvalue weighted by Crippen LogP contribution is -2.11. The molecule has 0 spiro atoms. The summed E-state index contributed by atoms with van der Waals surface area (Å²) in [5.74, 6) is -1.09. The molecule has 0 aliphatic heterocycles. The normalized spacial score (nSPS) is 11.9. The predicted octanol–water partition coefficient (Wildman–Crippen LogP) is 2.80. The highest BCUT2D eigenvalue weighted by molar-refractivity contribution is 5.85. The van der Waals surface area contributed by atoms with Crippen LogP contribution in [0.3, 0.4) is 0 Å². The number of aryl methyl sites for hydroxylation is 1. The Labute approximate surface area is 115 Å². The van der Waals surface area contributed by atoms with Gasteiger partial charge in [0.05, 0.1) is 18.4 Å². The largest absolute Gasteiger partial charge is 0.476 e. The average molecular weight is 275 g/mol. The van der Waals surface area contributed by atoms with Gasteiger partial charge in [0, 0.05) is 0 Å². The van der Waals surface area contributed by atoms with Crippen LogP contribution in [0, 0.1) is 12.7 Å². The van der Waals surface area contributed by atoms with Crippen molar-refractivity contribution in [1.82, 2.24) is 9.97 Å². The molecule has 0 aliphatic rings. The quantitative estimate of drug-likeness (QED) is 0.897. The Morgan fingerprint density at radius 1 is 1.40 bits per heavy atom. The molecule has 1 atom stereocenters. The van der Waals surface area contributed by atoms with E-state index in [9.17, 15) is 9.18 Å². The first-order valence-electron chi connectivity index (χ1n) is 6.05. The van der Waals surface area contributed by atoms with Crippen LogP contribution in [0.2, 0.25) is 0 Å². The van der Waals surface area contributed by atoms with Crippen molar-refractivity contribution in [1.29, 1.82) is 0 Å². The zero-order chi connectivity index (χ0) is 14.7. The third kappa shape index (κ3) is 3.09. The third-order valence-corrected chi connectivity index (χ3v) is 2.91. The van der Waals surface area contributed by atoms with E-state index in [-0.39, 0.29) is 17.6 Å². The van der Waals surface area contributed by atoms with Crippen molar-refractivity contribution in [3.63, 3.8) is 0 Å². The highest BCUT2D eigenvalue weighted by Gasteiger charge is 2.11. The lowest BCUT2D eigenvalue weighted by molar-refractivity contribution is 0.0690. The number of carboxylic acids is 1. The van der Waals surface area contributed by atoms with E-state index in [1.54, 1.807) is 13.0 Å². The second kappa shape index (κ2) is 5.64. The molecule has 20 heavy (non-hydrogen) atoms. The summed E-state index contributed by atoms with van der Waals surface area (Å²) in [6, 6.07) is 4.73. The van der Waals surface area contributed by atoms with Gasteiger partial charge in [-0.25, -0.2) is 14.2 Å². The Kier molecular flexibility index (Phi) is 3.93. The molecule has 2 aromatic rings. The molecule has 0 saturated carbocycles. The summed E-state index contributed by atoms with van der Waals surface area (Å²) in [7, 11) is 0. The molecule has 104 valence electrons. The van der Waals surface area contributed by atoms with Crippen molar-refractivity contribution in [3.8, 4) is 0 Å². The van der Waals surface area contributed by atoms with E-state index in [4.69, 9.17) is 5.11 Å². The fourth-order valence-electron chi connectivity index (χ4n) is 1.72. The van der Waals surface area contributed by atoms with Crippen LogP contribution in [-0.4, -0.2) is 21.0 Å². The Bertz CT molecular complexity index is 646. The SMILES string of the molecule is Cc1ccc(C(C)Nc2cncc(C(=O)O)n2)cc1F. The van der Waals surface area contributed by atoms with E-state index in [0.29, 0.717) is 11.4 Å². The summed E-state index contributed by atoms with van der Waals surface area (Å²) in [6.07, 6.45) is 2.59. The molecule has 1 unspecified atom stereocenters. The summed E-state index contributed by atoms with van der Waals surface area (Å²) in [6.45, 7) is 3.53. The van der Waals surface area contributed by atoms with E-state index < -0.39 is 5.97 Å². The fraction of sp³-hybridized carbons (Fsp3) is 0.214. The van der Waals surface area contributed by atoms with E-state index in [2.05, 4.69) is 15.3 Å². The van der Waals surface area contributed by atoms with Gasteiger partial charge >= 0.3 is 5.97 Å². The van der Waals surface area contributed by atoms with Gasteiger partial charge in [0.15, 0.2) is 5.69 Å². The maximum atomic E-state index is 13.5. The highest BCUT2D eigenvalue weighted by atomic mass is 19.1. The number of aromatic carboxylic acids is 1. The van der Waals surface area contributed by atoms with E-state index in [1.807, 2.05) is 13.0 Å². The number of anilines is 1. The number of carbonyl (C=O) groups is 1. The summed E-state index contributed by atoms with van der Waals surface area (Å²) in [5.41, 5.74) is 1.18. The molecule has 0 amide bonds. The highest BCUT2D eigenvalue weighted by Crippen LogP contribution is 2.19. The number of nitrogens with one attached hydrogen (secondary N) is 1. The molecular formula is C14H14FN3O2. The molecule has 2 rings (SSSR count). The second-order valence-electron chi connectivity index (χ2n) is 4.47. The lowest BCUT2D eigenvalue weighted by atomic mass is 10.1. The van der Waals surface area contributed by atoms with Crippen LogP contribution in [0.15, 0.2) is 30.6 Å². The van der Waals surface area contributed by atoms with Crippen molar-refractivity contribution in [2.75, 3.05) is 5.32 Å². The third-order valence-electron chi connectivity index (χ3n) is 2.91. The monoisotopic (exact) mass is 275 g/mol. The zero-order valence-corrected chi connectivity index (χ0v) is 11.1. The zero-order valence-electron chi connectivity index (χ0n) is 11.1. The van der Waals surface area contributed by atoms with Gasteiger partial charge in [-0.15, -0.1) is 0 Å². The summed E-state index contributed by atoms with van der Waals surface area (Å²) in [5, 5.41) is 11.8. The van der Waals surface area contributed by atoms with Gasteiger partial charge in [-0.05, 0) is 31.0 Å². The Balaban J connectivity index is 2.18. The van der Waals surface area contributed by atoms with Gasteiger partial charge in [-0.2, -0.15) is 0 Å². The van der Waals surface area contributed by atoms with Crippen LogP contribution < -0.4 is 5.32 Å². The second-order valence-corrected chi connectivity index (χ2v) is 4.47. The minimum absolute atomic E-state index is 0.141. The minimum atomic E-state index is -1.14. The molecular weight excluding hydrogens is 261 g/mol. The van der Waals surface area contributed by atoms with Crippen LogP contribution in [0.4, 0.5) is 10.2 Å². The number of hydrogen-bond acceptors (Lipinski definition) is 4. The minimum Gasteiger partial charge on any atom is -0.476 e. The van der Waals surface area contributed by atoms with E-state index >= 15 is 0 Å². The molecule has 0 bridgehead atoms. The predicted molar refractivity (Wildman–Crippen MR) is 72.2 cm³/mol. The smallest absolute Gasteiger partial charge is 0.356 e. The number of carboxylic acid groups (broad SMARTS) is 1. The van der Waals surface area contributed by atoms with Gasteiger partial charge in [0.25, 0.3) is 0 Å². The van der Waals surface area contributed by atoms with Crippen LogP contribution >= 0.6 is 0 Å². The Hall–Kier alpha value is -2.50. The molecule has 1 heterocycles. The number of nitrogens with zero attached hydrogens (tertiary/aromatic N) is 2.